The molecule has 0 radical (unpaired) electrons. The molecule has 3 nitrogen and oxygen atoms in total. The van der Waals surface area contributed by atoms with Gasteiger partial charge in [0.05, 0.1) is 0 Å². The van der Waals surface area contributed by atoms with Crippen molar-refractivity contribution in [2.45, 2.75) is 33.2 Å². The van der Waals surface area contributed by atoms with E-state index in [9.17, 15) is 0 Å². The lowest BCUT2D eigenvalue weighted by Gasteiger charge is -2.15. The van der Waals surface area contributed by atoms with E-state index in [0.29, 0.717) is 0 Å². The van der Waals surface area contributed by atoms with E-state index in [-0.39, 0.29) is 6.04 Å². The third kappa shape index (κ3) is 7.92. The van der Waals surface area contributed by atoms with E-state index < -0.39 is 0 Å². The van der Waals surface area contributed by atoms with Crippen LogP contribution in [0.5, 0.6) is 0 Å². The molecule has 0 spiro atoms. The number of allylic oxidation sites excluding steroid dienone is 3. The van der Waals surface area contributed by atoms with E-state index in [1.165, 1.54) is 28.1 Å². The molecule has 2 N–H and O–H groups in total. The Labute approximate surface area is 184 Å². The molecule has 0 amide bonds. The molecule has 0 heterocycles. The predicted octanol–water partition coefficient (Wildman–Crippen LogP) is 6.13. The summed E-state index contributed by atoms with van der Waals surface area (Å²) in [6.07, 6.45) is 11.4. The fraction of sp³-hybridized carbons (Fsp3) is 0.333. The maximum absolute atomic E-state index is 5.46. The van der Waals surface area contributed by atoms with Gasteiger partial charge in [-0.3, -0.25) is 0 Å². The van der Waals surface area contributed by atoms with E-state index >= 15 is 0 Å². The van der Waals surface area contributed by atoms with Gasteiger partial charge in [0.1, 0.15) is 0 Å². The second kappa shape index (κ2) is 13.4. The molecule has 2 aromatic carbocycles. The van der Waals surface area contributed by atoms with Crippen LogP contribution in [0.1, 0.15) is 38.3 Å². The smallest absolute Gasteiger partial charge is 0.0410 e. The Balaban J connectivity index is 0.000000418. The zero-order valence-corrected chi connectivity index (χ0v) is 19.8. The van der Waals surface area contributed by atoms with Gasteiger partial charge in [0, 0.05) is 45.6 Å². The van der Waals surface area contributed by atoms with Crippen LogP contribution in [0.3, 0.4) is 0 Å². The first-order chi connectivity index (χ1) is 14.4. The fourth-order valence-corrected chi connectivity index (χ4v) is 2.99. The number of nitrogens with two attached hydrogens (primary N) is 1. The summed E-state index contributed by atoms with van der Waals surface area (Å²) >= 11 is 0. The number of nitrogens with zero attached hydrogens (tertiary/aromatic N) is 2. The Morgan fingerprint density at radius 2 is 1.13 bits per heavy atom. The molecular formula is C27H39N3. The van der Waals surface area contributed by atoms with Gasteiger partial charge in [-0.2, -0.15) is 0 Å². The number of benzene rings is 2. The number of hydrogen-bond donors (Lipinski definition) is 1. The second-order valence-corrected chi connectivity index (χ2v) is 7.25. The molecule has 2 aromatic rings. The van der Waals surface area contributed by atoms with Crippen molar-refractivity contribution in [3.8, 4) is 0 Å². The molecule has 1 aliphatic rings. The van der Waals surface area contributed by atoms with E-state index in [4.69, 9.17) is 5.73 Å². The normalized spacial score (nSPS) is 12.1. The van der Waals surface area contributed by atoms with Gasteiger partial charge < -0.3 is 15.5 Å². The summed E-state index contributed by atoms with van der Waals surface area (Å²) in [5, 5.41) is 0. The zero-order chi connectivity index (χ0) is 22.5. The Kier molecular flexibility index (Phi) is 11.3. The van der Waals surface area contributed by atoms with Crippen molar-refractivity contribution in [1.82, 2.24) is 0 Å². The number of anilines is 2. The van der Waals surface area contributed by atoms with Crippen LogP contribution in [-0.2, 0) is 0 Å². The lowest BCUT2D eigenvalue weighted by molar-refractivity contribution is 0.993. The molecule has 0 saturated carbocycles. The van der Waals surface area contributed by atoms with E-state index in [1.807, 2.05) is 26.0 Å². The molecular weight excluding hydrogens is 366 g/mol. The molecule has 0 atom stereocenters. The molecule has 0 aliphatic heterocycles. The summed E-state index contributed by atoms with van der Waals surface area (Å²) in [6.45, 7) is 6.09. The highest BCUT2D eigenvalue weighted by molar-refractivity contribution is 5.80. The van der Waals surface area contributed by atoms with Crippen LogP contribution in [0, 0.1) is 0 Å². The highest BCUT2D eigenvalue weighted by atomic mass is 15.1. The average molecular weight is 406 g/mol. The molecule has 3 heteroatoms. The summed E-state index contributed by atoms with van der Waals surface area (Å²) in [7, 11) is 8.24. The van der Waals surface area contributed by atoms with Crippen LogP contribution in [0.2, 0.25) is 0 Å². The minimum atomic E-state index is 0.175. The summed E-state index contributed by atoms with van der Waals surface area (Å²) in [5.74, 6) is 0. The fourth-order valence-electron chi connectivity index (χ4n) is 2.99. The van der Waals surface area contributed by atoms with Crippen molar-refractivity contribution in [3.63, 3.8) is 0 Å². The van der Waals surface area contributed by atoms with Crippen molar-refractivity contribution >= 4 is 16.9 Å². The van der Waals surface area contributed by atoms with Gasteiger partial charge in [-0.1, -0.05) is 68.5 Å². The Hall–Kier alpha value is -2.78. The molecule has 3 rings (SSSR count). The Bertz CT molecular complexity index is 745. The average Bonchev–Trinajstić information content (AvgIpc) is 2.77. The molecule has 0 bridgehead atoms. The number of hydrogen-bond acceptors (Lipinski definition) is 3. The summed E-state index contributed by atoms with van der Waals surface area (Å²) in [5.41, 5.74) is 11.7. The van der Waals surface area contributed by atoms with Crippen LogP contribution < -0.4 is 15.5 Å². The van der Waals surface area contributed by atoms with Gasteiger partial charge in [0.25, 0.3) is 0 Å². The first-order valence-electron chi connectivity index (χ1n) is 10.7. The number of rotatable bonds is 4. The molecule has 1 aliphatic carbocycles. The van der Waals surface area contributed by atoms with E-state index in [2.05, 4.69) is 112 Å². The molecule has 0 fully saturated rings. The van der Waals surface area contributed by atoms with Crippen LogP contribution in [0.4, 0.5) is 11.4 Å². The Morgan fingerprint density at radius 1 is 0.767 bits per heavy atom. The van der Waals surface area contributed by atoms with Gasteiger partial charge in [-0.25, -0.2) is 0 Å². The Morgan fingerprint density at radius 3 is 1.37 bits per heavy atom. The predicted molar refractivity (Wildman–Crippen MR) is 137 cm³/mol. The highest BCUT2D eigenvalue weighted by Crippen LogP contribution is 2.26. The van der Waals surface area contributed by atoms with Crippen LogP contribution in [0.25, 0.3) is 5.57 Å². The second-order valence-electron chi connectivity index (χ2n) is 7.25. The summed E-state index contributed by atoms with van der Waals surface area (Å²) < 4.78 is 0. The summed E-state index contributed by atoms with van der Waals surface area (Å²) in [4.78, 5) is 4.23. The third-order valence-corrected chi connectivity index (χ3v) is 4.67. The first-order valence-corrected chi connectivity index (χ1v) is 10.7. The molecule has 0 unspecified atom stereocenters. The molecule has 0 aromatic heterocycles. The van der Waals surface area contributed by atoms with Crippen molar-refractivity contribution in [2.24, 2.45) is 5.73 Å². The lowest BCUT2D eigenvalue weighted by Crippen LogP contribution is -2.13. The van der Waals surface area contributed by atoms with Crippen LogP contribution in [0.15, 0.2) is 78.9 Å². The van der Waals surface area contributed by atoms with Gasteiger partial charge in [0.15, 0.2) is 0 Å². The SMILES string of the molecule is CC.CC=C(c1ccc(N(C)C)cc1)c1ccc(N(C)C)cc1.NC1C=CCC=C1. The van der Waals surface area contributed by atoms with Gasteiger partial charge >= 0.3 is 0 Å². The highest BCUT2D eigenvalue weighted by Gasteiger charge is 2.05. The first kappa shape index (κ1) is 25.3. The van der Waals surface area contributed by atoms with Crippen molar-refractivity contribution in [2.75, 3.05) is 38.0 Å². The largest absolute Gasteiger partial charge is 0.378 e. The molecule has 162 valence electrons. The van der Waals surface area contributed by atoms with Crippen molar-refractivity contribution < 1.29 is 0 Å². The maximum atomic E-state index is 5.46. The molecule has 30 heavy (non-hydrogen) atoms. The van der Waals surface area contributed by atoms with Crippen LogP contribution >= 0.6 is 0 Å². The molecule has 0 saturated heterocycles. The standard InChI is InChI=1S/C19H24N2.C6H9N.C2H6/c1-6-19(15-7-11-17(12-8-15)20(2)3)16-9-13-18(14-10-16)21(4)5;7-6-4-2-1-3-5-6;1-2/h6-14H,1-5H3;2-6H,1,7H2;1-2H3. The monoisotopic (exact) mass is 405 g/mol. The van der Waals surface area contributed by atoms with E-state index in [0.717, 1.165) is 6.42 Å². The van der Waals surface area contributed by atoms with E-state index in [1.54, 1.807) is 0 Å². The minimum Gasteiger partial charge on any atom is -0.378 e. The lowest BCUT2D eigenvalue weighted by atomic mass is 9.97. The van der Waals surface area contributed by atoms with Crippen molar-refractivity contribution in [3.05, 3.63) is 90.0 Å². The van der Waals surface area contributed by atoms with Gasteiger partial charge in [-0.05, 0) is 54.3 Å². The van der Waals surface area contributed by atoms with Gasteiger partial charge in [-0.15, -0.1) is 0 Å². The quantitative estimate of drug-likeness (QED) is 0.621. The zero-order valence-electron chi connectivity index (χ0n) is 19.8. The van der Waals surface area contributed by atoms with Gasteiger partial charge in [0.2, 0.25) is 0 Å². The topological polar surface area (TPSA) is 32.5 Å². The summed E-state index contributed by atoms with van der Waals surface area (Å²) in [6, 6.07) is 17.6. The third-order valence-electron chi connectivity index (χ3n) is 4.67. The minimum absolute atomic E-state index is 0.175. The van der Waals surface area contributed by atoms with Crippen molar-refractivity contribution in [1.29, 1.82) is 0 Å². The van der Waals surface area contributed by atoms with Crippen LogP contribution in [-0.4, -0.2) is 34.2 Å². The maximum Gasteiger partial charge on any atom is 0.0410 e.